The first-order valence-electron chi connectivity index (χ1n) is 5.96. The lowest BCUT2D eigenvalue weighted by atomic mass is 10.3. The molecule has 1 heterocycles. The van der Waals surface area contributed by atoms with Crippen LogP contribution in [-0.2, 0) is 21.9 Å². The summed E-state index contributed by atoms with van der Waals surface area (Å²) < 4.78 is 27.6. The number of aliphatic carboxylic acids is 1. The number of rotatable bonds is 7. The molecule has 0 spiro atoms. The average Bonchev–Trinajstić information content (AvgIpc) is 2.70. The normalized spacial score (nSPS) is 12.3. The Morgan fingerprint density at radius 1 is 1.53 bits per heavy atom. The fourth-order valence-electron chi connectivity index (χ4n) is 1.68. The van der Waals surface area contributed by atoms with Gasteiger partial charge in [-0.3, -0.25) is 4.79 Å². The molecule has 0 unspecified atom stereocenters. The molecule has 8 heteroatoms. The zero-order valence-electron chi connectivity index (χ0n) is 11.3. The molecule has 1 rings (SSSR count). The van der Waals surface area contributed by atoms with Crippen molar-refractivity contribution in [3.05, 3.63) is 12.5 Å². The highest BCUT2D eigenvalue weighted by molar-refractivity contribution is 7.89. The standard InChI is InChI=1S/C11H19N3O4S/c1-9(2)14(6-4-5-11(15)16)19(17,18)10-7-13(3)8-12-10/h7-9H,4-6H2,1-3H3,(H,15,16). The summed E-state index contributed by atoms with van der Waals surface area (Å²) in [6.07, 6.45) is 3.07. The van der Waals surface area contributed by atoms with Crippen molar-refractivity contribution in [3.8, 4) is 0 Å². The minimum Gasteiger partial charge on any atom is -0.481 e. The molecule has 7 nitrogen and oxygen atoms in total. The molecular formula is C11H19N3O4S. The minimum atomic E-state index is -3.67. The first-order valence-corrected chi connectivity index (χ1v) is 7.40. The number of aryl methyl sites for hydroxylation is 1. The highest BCUT2D eigenvalue weighted by Crippen LogP contribution is 2.17. The summed E-state index contributed by atoms with van der Waals surface area (Å²) in [5.74, 6) is -0.932. The molecule has 0 atom stereocenters. The van der Waals surface area contributed by atoms with Gasteiger partial charge in [0.2, 0.25) is 0 Å². The van der Waals surface area contributed by atoms with Crippen LogP contribution in [0.1, 0.15) is 26.7 Å². The third-order valence-corrected chi connectivity index (χ3v) is 4.56. The highest BCUT2D eigenvalue weighted by atomic mass is 32.2. The van der Waals surface area contributed by atoms with Gasteiger partial charge in [-0.2, -0.15) is 4.31 Å². The molecule has 0 aromatic carbocycles. The molecule has 0 saturated heterocycles. The number of imidazole rings is 1. The zero-order valence-corrected chi connectivity index (χ0v) is 12.1. The maximum Gasteiger partial charge on any atom is 0.303 e. The predicted molar refractivity (Wildman–Crippen MR) is 69.1 cm³/mol. The first kappa shape index (κ1) is 15.6. The topological polar surface area (TPSA) is 92.5 Å². The van der Waals surface area contributed by atoms with Crippen molar-refractivity contribution >= 4 is 16.0 Å². The molecule has 0 aliphatic rings. The molecule has 108 valence electrons. The van der Waals surface area contributed by atoms with Crippen LogP contribution < -0.4 is 0 Å². The van der Waals surface area contributed by atoms with Crippen LogP contribution >= 0.6 is 0 Å². The average molecular weight is 289 g/mol. The molecule has 0 radical (unpaired) electrons. The fourth-order valence-corrected chi connectivity index (χ4v) is 3.33. The lowest BCUT2D eigenvalue weighted by Gasteiger charge is -2.24. The second kappa shape index (κ2) is 6.16. The summed E-state index contributed by atoms with van der Waals surface area (Å²) in [4.78, 5) is 14.3. The third kappa shape index (κ3) is 4.03. The van der Waals surface area contributed by atoms with Crippen LogP contribution in [0.5, 0.6) is 0 Å². The van der Waals surface area contributed by atoms with Gasteiger partial charge in [-0.25, -0.2) is 13.4 Å². The van der Waals surface area contributed by atoms with Gasteiger partial charge in [0.1, 0.15) is 0 Å². The first-order chi connectivity index (χ1) is 8.75. The summed E-state index contributed by atoms with van der Waals surface area (Å²) >= 11 is 0. The molecule has 0 saturated carbocycles. The van der Waals surface area contributed by atoms with Crippen molar-refractivity contribution < 1.29 is 18.3 Å². The van der Waals surface area contributed by atoms with Gasteiger partial charge in [-0.1, -0.05) is 0 Å². The van der Waals surface area contributed by atoms with Gasteiger partial charge in [0.15, 0.2) is 5.03 Å². The molecular weight excluding hydrogens is 270 g/mol. The molecule has 1 N–H and O–H groups in total. The van der Waals surface area contributed by atoms with Crippen molar-refractivity contribution in [1.82, 2.24) is 13.9 Å². The van der Waals surface area contributed by atoms with Gasteiger partial charge in [-0.05, 0) is 20.3 Å². The SMILES string of the molecule is CC(C)N(CCCC(=O)O)S(=O)(=O)c1cn(C)cn1. The molecule has 0 aliphatic heterocycles. The van der Waals surface area contributed by atoms with Crippen molar-refractivity contribution in [2.45, 2.75) is 37.8 Å². The predicted octanol–water partition coefficient (Wildman–Crippen LogP) is 0.684. The number of hydrogen-bond donors (Lipinski definition) is 1. The van der Waals surface area contributed by atoms with Crippen LogP contribution in [0.3, 0.4) is 0 Å². The maximum absolute atomic E-state index is 12.4. The minimum absolute atomic E-state index is 0.0148. The van der Waals surface area contributed by atoms with E-state index in [1.165, 1.54) is 16.8 Å². The summed E-state index contributed by atoms with van der Waals surface area (Å²) in [6, 6.07) is -0.249. The summed E-state index contributed by atoms with van der Waals surface area (Å²) in [5, 5.41) is 8.59. The zero-order chi connectivity index (χ0) is 14.6. The molecule has 1 aromatic rings. The molecule has 1 aromatic heterocycles. The molecule has 0 fully saturated rings. The van der Waals surface area contributed by atoms with E-state index < -0.39 is 16.0 Å². The summed E-state index contributed by atoms with van der Waals surface area (Å²) in [7, 11) is -1.98. The van der Waals surface area contributed by atoms with Crippen LogP contribution in [0.4, 0.5) is 0 Å². The van der Waals surface area contributed by atoms with E-state index in [1.54, 1.807) is 25.5 Å². The van der Waals surface area contributed by atoms with E-state index in [1.807, 2.05) is 0 Å². The Hall–Kier alpha value is -1.41. The van der Waals surface area contributed by atoms with Crippen LogP contribution in [0.2, 0.25) is 0 Å². The van der Waals surface area contributed by atoms with Gasteiger partial charge < -0.3 is 9.67 Å². The summed E-state index contributed by atoms with van der Waals surface area (Å²) in [6.45, 7) is 3.67. The Morgan fingerprint density at radius 3 is 2.58 bits per heavy atom. The molecule has 0 amide bonds. The number of carboxylic acid groups (broad SMARTS) is 1. The number of sulfonamides is 1. The van der Waals surface area contributed by atoms with Crippen molar-refractivity contribution in [2.24, 2.45) is 7.05 Å². The van der Waals surface area contributed by atoms with Crippen LogP contribution in [-0.4, -0.2) is 45.9 Å². The second-order valence-electron chi connectivity index (χ2n) is 4.58. The lowest BCUT2D eigenvalue weighted by molar-refractivity contribution is -0.137. The van der Waals surface area contributed by atoms with Gasteiger partial charge in [0.25, 0.3) is 10.0 Å². The van der Waals surface area contributed by atoms with Gasteiger partial charge in [-0.15, -0.1) is 0 Å². The van der Waals surface area contributed by atoms with E-state index in [0.29, 0.717) is 0 Å². The summed E-state index contributed by atoms with van der Waals surface area (Å²) in [5.41, 5.74) is 0. The number of aromatic nitrogens is 2. The largest absolute Gasteiger partial charge is 0.481 e. The Kier molecular flexibility index (Phi) is 5.07. The van der Waals surface area contributed by atoms with Gasteiger partial charge in [0, 0.05) is 32.3 Å². The number of nitrogens with zero attached hydrogens (tertiary/aromatic N) is 3. The van der Waals surface area contributed by atoms with E-state index in [4.69, 9.17) is 5.11 Å². The van der Waals surface area contributed by atoms with Gasteiger partial charge in [0.05, 0.1) is 6.33 Å². The molecule has 0 aliphatic carbocycles. The Balaban J connectivity index is 2.89. The van der Waals surface area contributed by atoms with E-state index in [0.717, 1.165) is 0 Å². The molecule has 19 heavy (non-hydrogen) atoms. The highest BCUT2D eigenvalue weighted by Gasteiger charge is 2.28. The van der Waals surface area contributed by atoms with E-state index >= 15 is 0 Å². The quantitative estimate of drug-likeness (QED) is 0.797. The van der Waals surface area contributed by atoms with Crippen molar-refractivity contribution in [2.75, 3.05) is 6.54 Å². The van der Waals surface area contributed by atoms with Crippen LogP contribution in [0.25, 0.3) is 0 Å². The van der Waals surface area contributed by atoms with Crippen LogP contribution in [0.15, 0.2) is 17.6 Å². The number of hydrogen-bond acceptors (Lipinski definition) is 4. The lowest BCUT2D eigenvalue weighted by Crippen LogP contribution is -2.38. The number of carbonyl (C=O) groups is 1. The fraction of sp³-hybridized carbons (Fsp3) is 0.636. The van der Waals surface area contributed by atoms with Crippen LogP contribution in [0, 0.1) is 0 Å². The van der Waals surface area contributed by atoms with E-state index in [2.05, 4.69) is 4.98 Å². The Morgan fingerprint density at radius 2 is 2.16 bits per heavy atom. The third-order valence-electron chi connectivity index (χ3n) is 2.60. The smallest absolute Gasteiger partial charge is 0.303 e. The maximum atomic E-state index is 12.4. The Bertz CT molecular complexity index is 536. The van der Waals surface area contributed by atoms with Crippen molar-refractivity contribution in [3.63, 3.8) is 0 Å². The van der Waals surface area contributed by atoms with Crippen molar-refractivity contribution in [1.29, 1.82) is 0 Å². The van der Waals surface area contributed by atoms with E-state index in [-0.39, 0.29) is 30.5 Å². The Labute approximate surface area is 112 Å². The molecule has 0 bridgehead atoms. The second-order valence-corrected chi connectivity index (χ2v) is 6.42. The van der Waals surface area contributed by atoms with Gasteiger partial charge >= 0.3 is 5.97 Å². The monoisotopic (exact) mass is 289 g/mol. The van der Waals surface area contributed by atoms with E-state index in [9.17, 15) is 13.2 Å². The number of carboxylic acids is 1.